The van der Waals surface area contributed by atoms with Gasteiger partial charge in [0.05, 0.1) is 22.4 Å². The Morgan fingerprint density at radius 1 is 1.00 bits per heavy atom. The number of imidazole rings is 1. The SMILES string of the molecule is Cc1noc(C)c1-c1cc(C(O)c2cccnc2-c2ccccc2)c2nc(C3CC3)[nH]c2c1. The number of hydrogen-bond acceptors (Lipinski definition) is 5. The third-order valence-corrected chi connectivity index (χ3v) is 6.40. The summed E-state index contributed by atoms with van der Waals surface area (Å²) in [6, 6.07) is 17.8. The third kappa shape index (κ3) is 3.43. The smallest absolute Gasteiger partial charge is 0.141 e. The van der Waals surface area contributed by atoms with Crippen LogP contribution in [-0.4, -0.2) is 25.2 Å². The first-order valence-electron chi connectivity index (χ1n) is 11.3. The molecule has 1 aliphatic carbocycles. The molecule has 1 atom stereocenters. The van der Waals surface area contributed by atoms with E-state index in [1.807, 2.05) is 62.4 Å². The zero-order valence-electron chi connectivity index (χ0n) is 18.5. The van der Waals surface area contributed by atoms with E-state index in [1.54, 1.807) is 6.20 Å². The fraction of sp³-hybridized carbons (Fsp3) is 0.222. The standard InChI is InChI=1S/C27H24N4O2/c1-15-23(16(2)33-31-15)19-13-21(25-22(14-19)29-27(30-25)18-10-11-18)26(32)20-9-6-12-28-24(20)17-7-4-3-5-8-17/h3-9,12-14,18,26,32H,10-11H2,1-2H3,(H,29,30). The first-order chi connectivity index (χ1) is 16.1. The highest BCUT2D eigenvalue weighted by molar-refractivity contribution is 5.87. The monoisotopic (exact) mass is 436 g/mol. The van der Waals surface area contributed by atoms with E-state index < -0.39 is 6.10 Å². The normalized spacial score (nSPS) is 14.6. The van der Waals surface area contributed by atoms with E-state index >= 15 is 0 Å². The number of aliphatic hydroxyl groups excluding tert-OH is 1. The zero-order chi connectivity index (χ0) is 22.5. The molecule has 0 aliphatic heterocycles. The summed E-state index contributed by atoms with van der Waals surface area (Å²) in [5.74, 6) is 2.22. The lowest BCUT2D eigenvalue weighted by Gasteiger charge is -2.17. The van der Waals surface area contributed by atoms with Crippen molar-refractivity contribution in [2.45, 2.75) is 38.7 Å². The van der Waals surface area contributed by atoms with Gasteiger partial charge >= 0.3 is 0 Å². The molecule has 2 aromatic carbocycles. The Bertz CT molecular complexity index is 1450. The van der Waals surface area contributed by atoms with Gasteiger partial charge in [-0.25, -0.2) is 4.98 Å². The molecule has 0 saturated heterocycles. The predicted molar refractivity (Wildman–Crippen MR) is 127 cm³/mol. The molecule has 0 bridgehead atoms. The summed E-state index contributed by atoms with van der Waals surface area (Å²) in [5, 5.41) is 15.9. The molecule has 1 unspecified atom stereocenters. The van der Waals surface area contributed by atoms with Crippen LogP contribution in [0.15, 0.2) is 65.3 Å². The molecule has 6 heteroatoms. The molecule has 1 aliphatic rings. The van der Waals surface area contributed by atoms with Crippen LogP contribution in [0.5, 0.6) is 0 Å². The average Bonchev–Trinajstić information content (AvgIpc) is 3.52. The van der Waals surface area contributed by atoms with Crippen molar-refractivity contribution in [3.8, 4) is 22.4 Å². The first-order valence-corrected chi connectivity index (χ1v) is 11.3. The van der Waals surface area contributed by atoms with Crippen molar-refractivity contribution < 1.29 is 9.63 Å². The number of fused-ring (bicyclic) bond motifs is 1. The Morgan fingerprint density at radius 3 is 2.55 bits per heavy atom. The highest BCUT2D eigenvalue weighted by Gasteiger charge is 2.29. The maximum absolute atomic E-state index is 11.7. The van der Waals surface area contributed by atoms with Crippen LogP contribution in [0, 0.1) is 13.8 Å². The minimum absolute atomic E-state index is 0.475. The van der Waals surface area contributed by atoms with Gasteiger partial charge in [0.1, 0.15) is 17.7 Å². The number of aliphatic hydroxyl groups is 1. The Labute approximate surface area is 191 Å². The molecule has 1 fully saturated rings. The molecule has 0 radical (unpaired) electrons. The van der Waals surface area contributed by atoms with Gasteiger partial charge in [0, 0.05) is 34.4 Å². The van der Waals surface area contributed by atoms with E-state index in [0.29, 0.717) is 5.92 Å². The second kappa shape index (κ2) is 7.67. The molecule has 3 aromatic heterocycles. The van der Waals surface area contributed by atoms with Crippen molar-refractivity contribution >= 4 is 11.0 Å². The van der Waals surface area contributed by atoms with Crippen molar-refractivity contribution in [2.24, 2.45) is 0 Å². The van der Waals surface area contributed by atoms with Gasteiger partial charge in [-0.3, -0.25) is 4.98 Å². The van der Waals surface area contributed by atoms with Crippen LogP contribution < -0.4 is 0 Å². The van der Waals surface area contributed by atoms with Gasteiger partial charge in [0.2, 0.25) is 0 Å². The second-order valence-corrected chi connectivity index (χ2v) is 8.77. The summed E-state index contributed by atoms with van der Waals surface area (Å²) >= 11 is 0. The molecule has 33 heavy (non-hydrogen) atoms. The minimum atomic E-state index is -0.896. The fourth-order valence-corrected chi connectivity index (χ4v) is 4.60. The van der Waals surface area contributed by atoms with E-state index in [0.717, 1.165) is 74.7 Å². The van der Waals surface area contributed by atoms with Crippen LogP contribution in [-0.2, 0) is 0 Å². The summed E-state index contributed by atoms with van der Waals surface area (Å²) in [7, 11) is 0. The van der Waals surface area contributed by atoms with E-state index in [2.05, 4.69) is 21.2 Å². The molecule has 3 heterocycles. The number of nitrogens with one attached hydrogen (secondary N) is 1. The topological polar surface area (TPSA) is 87.8 Å². The molecule has 6 rings (SSSR count). The summed E-state index contributed by atoms with van der Waals surface area (Å²) in [4.78, 5) is 13.0. The molecule has 164 valence electrons. The molecular formula is C27H24N4O2. The largest absolute Gasteiger partial charge is 0.383 e. The van der Waals surface area contributed by atoms with Crippen LogP contribution in [0.3, 0.4) is 0 Å². The van der Waals surface area contributed by atoms with E-state index in [9.17, 15) is 5.11 Å². The molecule has 0 spiro atoms. The minimum Gasteiger partial charge on any atom is -0.383 e. The van der Waals surface area contributed by atoms with Gasteiger partial charge in [-0.1, -0.05) is 41.6 Å². The number of H-pyrrole nitrogens is 1. The lowest BCUT2D eigenvalue weighted by atomic mass is 9.93. The molecule has 5 aromatic rings. The van der Waals surface area contributed by atoms with Gasteiger partial charge in [0.25, 0.3) is 0 Å². The fourth-order valence-electron chi connectivity index (χ4n) is 4.60. The third-order valence-electron chi connectivity index (χ3n) is 6.40. The van der Waals surface area contributed by atoms with Crippen LogP contribution in [0.4, 0.5) is 0 Å². The Hall–Kier alpha value is -3.77. The van der Waals surface area contributed by atoms with Crippen LogP contribution in [0.1, 0.15) is 53.3 Å². The highest BCUT2D eigenvalue weighted by atomic mass is 16.5. The number of aromatic amines is 1. The van der Waals surface area contributed by atoms with Gasteiger partial charge in [-0.2, -0.15) is 0 Å². The maximum atomic E-state index is 11.7. The van der Waals surface area contributed by atoms with Crippen LogP contribution in [0.25, 0.3) is 33.4 Å². The number of pyridine rings is 1. The molecule has 2 N–H and O–H groups in total. The summed E-state index contributed by atoms with van der Waals surface area (Å²) in [6.45, 7) is 3.84. The van der Waals surface area contributed by atoms with Gasteiger partial charge in [0.15, 0.2) is 0 Å². The lowest BCUT2D eigenvalue weighted by Crippen LogP contribution is -2.05. The maximum Gasteiger partial charge on any atom is 0.141 e. The van der Waals surface area contributed by atoms with Gasteiger partial charge in [-0.15, -0.1) is 0 Å². The van der Waals surface area contributed by atoms with Gasteiger partial charge in [-0.05, 0) is 50.5 Å². The summed E-state index contributed by atoms with van der Waals surface area (Å²) in [5.41, 5.74) is 7.64. The first kappa shape index (κ1) is 19.9. The van der Waals surface area contributed by atoms with E-state index in [-0.39, 0.29) is 0 Å². The molecule has 6 nitrogen and oxygen atoms in total. The Balaban J connectivity index is 1.56. The number of hydrogen-bond donors (Lipinski definition) is 2. The number of benzene rings is 2. The molecular weight excluding hydrogens is 412 g/mol. The zero-order valence-corrected chi connectivity index (χ0v) is 18.5. The van der Waals surface area contributed by atoms with Crippen LogP contribution >= 0.6 is 0 Å². The van der Waals surface area contributed by atoms with Crippen molar-refractivity contribution in [2.75, 3.05) is 0 Å². The quantitative estimate of drug-likeness (QED) is 0.360. The van der Waals surface area contributed by atoms with Crippen molar-refractivity contribution in [1.82, 2.24) is 20.1 Å². The van der Waals surface area contributed by atoms with Crippen molar-refractivity contribution in [1.29, 1.82) is 0 Å². The second-order valence-electron chi connectivity index (χ2n) is 8.77. The lowest BCUT2D eigenvalue weighted by molar-refractivity contribution is 0.222. The van der Waals surface area contributed by atoms with E-state index in [4.69, 9.17) is 9.51 Å². The molecule has 0 amide bonds. The van der Waals surface area contributed by atoms with Crippen molar-refractivity contribution in [3.05, 3.63) is 89.2 Å². The highest BCUT2D eigenvalue weighted by Crippen LogP contribution is 2.42. The predicted octanol–water partition coefficient (Wildman–Crippen LogP) is 5.86. The summed E-state index contributed by atoms with van der Waals surface area (Å²) < 4.78 is 5.43. The Morgan fingerprint density at radius 2 is 1.82 bits per heavy atom. The summed E-state index contributed by atoms with van der Waals surface area (Å²) in [6.07, 6.45) is 3.16. The number of aromatic nitrogens is 4. The average molecular weight is 437 g/mol. The van der Waals surface area contributed by atoms with Crippen LogP contribution in [0.2, 0.25) is 0 Å². The van der Waals surface area contributed by atoms with Crippen molar-refractivity contribution in [3.63, 3.8) is 0 Å². The Kier molecular flexibility index (Phi) is 4.62. The number of aryl methyl sites for hydroxylation is 2. The number of rotatable bonds is 5. The van der Waals surface area contributed by atoms with Gasteiger partial charge < -0.3 is 14.6 Å². The molecule has 1 saturated carbocycles. The van der Waals surface area contributed by atoms with E-state index in [1.165, 1.54) is 0 Å². The number of nitrogens with zero attached hydrogens (tertiary/aromatic N) is 3.